The van der Waals surface area contributed by atoms with Crippen LogP contribution in [0, 0.1) is 0 Å². The molecule has 1 aliphatic heterocycles. The molecule has 2 N–H and O–H groups in total. The van der Waals surface area contributed by atoms with Crippen molar-refractivity contribution in [1.82, 2.24) is 4.31 Å². The molecule has 13 heteroatoms. The van der Waals surface area contributed by atoms with Crippen LogP contribution in [0.4, 0.5) is 5.69 Å². The van der Waals surface area contributed by atoms with E-state index in [2.05, 4.69) is 0 Å². The van der Waals surface area contributed by atoms with E-state index >= 15 is 0 Å². The van der Waals surface area contributed by atoms with Crippen LogP contribution < -0.4 is 10.0 Å². The van der Waals surface area contributed by atoms with Gasteiger partial charge in [-0.2, -0.15) is 4.31 Å². The van der Waals surface area contributed by atoms with E-state index in [-0.39, 0.29) is 27.8 Å². The zero-order valence-electron chi connectivity index (χ0n) is 15.2. The number of nitrogens with two attached hydrogens (primary N) is 1. The molecule has 9 nitrogen and oxygen atoms in total. The number of anilines is 1. The number of nitrogens with zero attached hydrogens (tertiary/aromatic N) is 2. The molecule has 1 saturated heterocycles. The Bertz CT molecular complexity index is 1140. The third-order valence-corrected chi connectivity index (χ3v) is 8.93. The van der Waals surface area contributed by atoms with E-state index in [4.69, 9.17) is 21.5 Å². The van der Waals surface area contributed by atoms with Crippen molar-refractivity contribution in [2.24, 2.45) is 5.14 Å². The number of primary sulfonamides is 1. The van der Waals surface area contributed by atoms with Crippen LogP contribution in [-0.2, 0) is 24.8 Å². The average molecular weight is 480 g/mol. The Morgan fingerprint density at radius 1 is 1.10 bits per heavy atom. The highest BCUT2D eigenvalue weighted by Gasteiger charge is 2.31. The molecule has 0 bridgehead atoms. The lowest BCUT2D eigenvalue weighted by Gasteiger charge is -2.35. The van der Waals surface area contributed by atoms with Crippen LogP contribution in [0.1, 0.15) is 10.4 Å². The number of benzene rings is 1. The number of hydrogen-bond acceptors (Lipinski definition) is 8. The molecule has 1 aromatic heterocycles. The monoisotopic (exact) mass is 479 g/mol. The first-order valence-corrected chi connectivity index (χ1v) is 12.5. The summed E-state index contributed by atoms with van der Waals surface area (Å²) in [5, 5.41) is 5.14. The minimum atomic E-state index is -3.99. The van der Waals surface area contributed by atoms with E-state index in [1.807, 2.05) is 0 Å². The number of rotatable bonds is 5. The highest BCUT2D eigenvalue weighted by Crippen LogP contribution is 2.30. The normalized spacial score (nSPS) is 16.0. The van der Waals surface area contributed by atoms with Crippen molar-refractivity contribution in [1.29, 1.82) is 0 Å². The second-order valence-corrected chi connectivity index (χ2v) is 11.6. The molecule has 0 atom stereocenters. The van der Waals surface area contributed by atoms with Gasteiger partial charge in [0.05, 0.1) is 27.6 Å². The Morgan fingerprint density at radius 3 is 2.28 bits per heavy atom. The SMILES string of the molecule is COC(=O)c1cc(S(N)(=O)=O)ccc1N1CCN(S(=O)(=O)c2ccc(Cl)s2)CC1. The van der Waals surface area contributed by atoms with Crippen molar-refractivity contribution in [2.45, 2.75) is 9.10 Å². The van der Waals surface area contributed by atoms with Gasteiger partial charge in [0.1, 0.15) is 4.21 Å². The lowest BCUT2D eigenvalue weighted by Crippen LogP contribution is -2.48. The van der Waals surface area contributed by atoms with Gasteiger partial charge in [0.25, 0.3) is 10.0 Å². The molecule has 29 heavy (non-hydrogen) atoms. The Morgan fingerprint density at radius 2 is 1.76 bits per heavy atom. The zero-order chi connectivity index (χ0) is 21.4. The Labute approximate surface area is 177 Å². The van der Waals surface area contributed by atoms with Crippen LogP contribution in [0.15, 0.2) is 39.4 Å². The van der Waals surface area contributed by atoms with Gasteiger partial charge in [-0.05, 0) is 30.3 Å². The number of ether oxygens (including phenoxy) is 1. The van der Waals surface area contributed by atoms with Crippen LogP contribution in [0.3, 0.4) is 0 Å². The summed E-state index contributed by atoms with van der Waals surface area (Å²) in [4.78, 5) is 13.8. The van der Waals surface area contributed by atoms with Gasteiger partial charge in [-0.15, -0.1) is 11.3 Å². The van der Waals surface area contributed by atoms with E-state index in [1.165, 1.54) is 35.7 Å². The number of carbonyl (C=O) groups is 1. The standard InChI is InChI=1S/C16H18ClN3O6S3/c1-26-16(21)12-10-11(28(18,22)23)2-3-13(12)19-6-8-20(9-7-19)29(24,25)15-5-4-14(17)27-15/h2-5,10H,6-9H2,1H3,(H2,18,22,23). The fourth-order valence-corrected chi connectivity index (χ4v) is 6.57. The van der Waals surface area contributed by atoms with Crippen LogP contribution >= 0.6 is 22.9 Å². The number of hydrogen-bond donors (Lipinski definition) is 1. The van der Waals surface area contributed by atoms with Crippen molar-refractivity contribution < 1.29 is 26.4 Å². The molecule has 0 spiro atoms. The van der Waals surface area contributed by atoms with Gasteiger partial charge >= 0.3 is 5.97 Å². The summed E-state index contributed by atoms with van der Waals surface area (Å²) in [6, 6.07) is 6.93. The maximum Gasteiger partial charge on any atom is 0.340 e. The lowest BCUT2D eigenvalue weighted by atomic mass is 10.1. The average Bonchev–Trinajstić information content (AvgIpc) is 3.13. The summed E-state index contributed by atoms with van der Waals surface area (Å²) in [5.74, 6) is -0.714. The molecule has 0 radical (unpaired) electrons. The molecule has 1 aromatic carbocycles. The molecule has 0 saturated carbocycles. The minimum absolute atomic E-state index is 0.0420. The molecule has 3 rings (SSSR count). The van der Waals surface area contributed by atoms with E-state index in [1.54, 1.807) is 4.90 Å². The summed E-state index contributed by atoms with van der Waals surface area (Å²) in [6.45, 7) is 0.985. The van der Waals surface area contributed by atoms with Crippen molar-refractivity contribution in [3.63, 3.8) is 0 Å². The van der Waals surface area contributed by atoms with Crippen LogP contribution in [0.25, 0.3) is 0 Å². The summed E-state index contributed by atoms with van der Waals surface area (Å²) < 4.78 is 55.3. The van der Waals surface area contributed by atoms with E-state index in [9.17, 15) is 21.6 Å². The van der Waals surface area contributed by atoms with Gasteiger partial charge < -0.3 is 9.64 Å². The van der Waals surface area contributed by atoms with Crippen LogP contribution in [0.2, 0.25) is 4.34 Å². The maximum absolute atomic E-state index is 12.7. The number of sulfonamides is 2. The first-order valence-electron chi connectivity index (χ1n) is 8.29. The molecular formula is C16H18ClN3O6S3. The Hall–Kier alpha value is -1.70. The maximum atomic E-state index is 12.7. The minimum Gasteiger partial charge on any atom is -0.465 e. The first-order chi connectivity index (χ1) is 13.5. The number of thiophene rings is 1. The highest BCUT2D eigenvalue weighted by atomic mass is 35.5. The van der Waals surface area contributed by atoms with Crippen molar-refractivity contribution >= 4 is 54.6 Å². The van der Waals surface area contributed by atoms with Gasteiger partial charge in [0.2, 0.25) is 10.0 Å². The Balaban J connectivity index is 1.84. The predicted molar refractivity (Wildman–Crippen MR) is 109 cm³/mol. The van der Waals surface area contributed by atoms with Crippen molar-refractivity contribution in [2.75, 3.05) is 38.2 Å². The molecule has 0 unspecified atom stereocenters. The first kappa shape index (κ1) is 22.0. The second kappa shape index (κ2) is 8.20. The number of carbonyl (C=O) groups excluding carboxylic acids is 1. The third kappa shape index (κ3) is 4.57. The van der Waals surface area contributed by atoms with Crippen molar-refractivity contribution in [3.05, 3.63) is 40.2 Å². The molecule has 1 aliphatic rings. The van der Waals surface area contributed by atoms with Crippen molar-refractivity contribution in [3.8, 4) is 0 Å². The van der Waals surface area contributed by atoms with Gasteiger partial charge in [-0.3, -0.25) is 0 Å². The van der Waals surface area contributed by atoms with E-state index in [0.717, 1.165) is 17.4 Å². The number of halogens is 1. The second-order valence-electron chi connectivity index (χ2n) is 6.17. The van der Waals surface area contributed by atoms with Gasteiger partial charge in [0.15, 0.2) is 0 Å². The highest BCUT2D eigenvalue weighted by molar-refractivity contribution is 7.91. The summed E-state index contributed by atoms with van der Waals surface area (Å²) in [7, 11) is -6.46. The summed E-state index contributed by atoms with van der Waals surface area (Å²) in [6.07, 6.45) is 0. The molecule has 158 valence electrons. The Kier molecular flexibility index (Phi) is 6.22. The fourth-order valence-electron chi connectivity index (χ4n) is 2.97. The summed E-state index contributed by atoms with van der Waals surface area (Å²) >= 11 is 6.84. The van der Waals surface area contributed by atoms with E-state index in [0.29, 0.717) is 23.1 Å². The predicted octanol–water partition coefficient (Wildman–Crippen LogP) is 1.35. The zero-order valence-corrected chi connectivity index (χ0v) is 18.4. The molecule has 0 aliphatic carbocycles. The third-order valence-electron chi connectivity index (χ3n) is 4.42. The molecule has 2 heterocycles. The van der Waals surface area contributed by atoms with Crippen LogP contribution in [-0.4, -0.2) is 60.4 Å². The molecular weight excluding hydrogens is 462 g/mol. The summed E-state index contributed by atoms with van der Waals surface area (Å²) in [5.41, 5.74) is 0.487. The van der Waals surface area contributed by atoms with Gasteiger partial charge in [0, 0.05) is 26.2 Å². The molecule has 0 amide bonds. The van der Waals surface area contributed by atoms with Gasteiger partial charge in [-0.1, -0.05) is 11.6 Å². The largest absolute Gasteiger partial charge is 0.465 e. The topological polar surface area (TPSA) is 127 Å². The molecule has 1 fully saturated rings. The molecule has 2 aromatic rings. The van der Waals surface area contributed by atoms with Gasteiger partial charge in [-0.25, -0.2) is 26.8 Å². The number of esters is 1. The number of methoxy groups -OCH3 is 1. The van der Waals surface area contributed by atoms with Crippen LogP contribution in [0.5, 0.6) is 0 Å². The smallest absolute Gasteiger partial charge is 0.340 e. The fraction of sp³-hybridized carbons (Fsp3) is 0.312. The lowest BCUT2D eigenvalue weighted by molar-refractivity contribution is 0.0601. The number of piperazine rings is 1. The van der Waals surface area contributed by atoms with E-state index < -0.39 is 26.0 Å². The quantitative estimate of drug-likeness (QED) is 0.641.